The zero-order valence-electron chi connectivity index (χ0n) is 38.1. The molecule has 0 N–H and O–H groups in total. The fourth-order valence-corrected chi connectivity index (χ4v) is 12.3. The van der Waals surface area contributed by atoms with Gasteiger partial charge in [0.25, 0.3) is 0 Å². The molecule has 1 atom stereocenters. The number of benzene rings is 11. The third kappa shape index (κ3) is 5.40. The highest BCUT2D eigenvalue weighted by Crippen LogP contribution is 2.65. The number of para-hydroxylation sites is 4. The van der Waals surface area contributed by atoms with Crippen LogP contribution in [0.4, 0.5) is 17.1 Å². The molecule has 3 heteroatoms. The molecule has 0 saturated heterocycles. The van der Waals surface area contributed by atoms with Gasteiger partial charge >= 0.3 is 0 Å². The summed E-state index contributed by atoms with van der Waals surface area (Å²) >= 11 is 0. The number of hydrogen-bond donors (Lipinski definition) is 0. The predicted octanol–water partition coefficient (Wildman–Crippen LogP) is 17.8. The Kier molecular flexibility index (Phi) is 8.28. The van der Waals surface area contributed by atoms with Crippen molar-refractivity contribution in [1.29, 1.82) is 0 Å². The number of anilines is 3. The maximum absolute atomic E-state index is 6.84. The van der Waals surface area contributed by atoms with E-state index in [1.54, 1.807) is 0 Å². The lowest BCUT2D eigenvalue weighted by Gasteiger charge is -2.32. The second-order valence-electron chi connectivity index (χ2n) is 18.7. The first-order valence-electron chi connectivity index (χ1n) is 24.2. The summed E-state index contributed by atoms with van der Waals surface area (Å²) in [5.41, 5.74) is 22.9. The second kappa shape index (κ2) is 14.9. The Bertz CT molecular complexity index is 4220. The molecule has 0 aliphatic heterocycles. The number of hydrogen-bond acceptors (Lipinski definition) is 2. The zero-order valence-corrected chi connectivity index (χ0v) is 38.1. The van der Waals surface area contributed by atoms with Gasteiger partial charge in [0.1, 0.15) is 5.58 Å². The van der Waals surface area contributed by atoms with Crippen LogP contribution in [-0.4, -0.2) is 4.57 Å². The van der Waals surface area contributed by atoms with E-state index < -0.39 is 5.41 Å². The number of aromatic nitrogens is 1. The van der Waals surface area contributed by atoms with Crippen LogP contribution in [-0.2, 0) is 5.41 Å². The summed E-state index contributed by atoms with van der Waals surface area (Å²) in [4.78, 5) is 2.41. The standard InChI is InChI=1S/C67H42N2O/c1-3-16-43(17-4-1)44-30-32-45(33-31-44)46-34-36-48(37-35-46)68(62-28-15-24-53-52-21-10-14-29-63(52)70-66(53)62)49-38-39-51-50-20-7-11-25-56(50)67(59(51)42-49)57-26-12-8-22-54(57)64-58(67)40-41-61-65(64)55-23-9-13-27-60(55)69(61)47-18-5-2-6-19-47/h1-42H. The Balaban J connectivity index is 0.964. The van der Waals surface area contributed by atoms with E-state index in [9.17, 15) is 0 Å². The Labute approximate surface area is 405 Å². The first kappa shape index (κ1) is 38.9. The fourth-order valence-electron chi connectivity index (χ4n) is 12.3. The monoisotopic (exact) mass is 890 g/mol. The van der Waals surface area contributed by atoms with Crippen LogP contribution in [0.1, 0.15) is 22.3 Å². The number of furan rings is 1. The van der Waals surface area contributed by atoms with Crippen LogP contribution in [0.2, 0.25) is 0 Å². The topological polar surface area (TPSA) is 21.3 Å². The molecule has 11 aromatic carbocycles. The Morgan fingerprint density at radius 2 is 0.929 bits per heavy atom. The largest absolute Gasteiger partial charge is 0.454 e. The van der Waals surface area contributed by atoms with Gasteiger partial charge < -0.3 is 13.9 Å². The van der Waals surface area contributed by atoms with Crippen molar-refractivity contribution in [3.8, 4) is 50.2 Å². The van der Waals surface area contributed by atoms with Crippen LogP contribution in [0, 0.1) is 0 Å². The lowest BCUT2D eigenvalue weighted by atomic mass is 9.70. The molecule has 13 aromatic rings. The van der Waals surface area contributed by atoms with Crippen molar-refractivity contribution in [3.05, 3.63) is 277 Å². The fraction of sp³-hybridized carbons (Fsp3) is 0.0149. The lowest BCUT2D eigenvalue weighted by molar-refractivity contribution is 0.669. The highest BCUT2D eigenvalue weighted by molar-refractivity contribution is 6.19. The molecule has 0 bridgehead atoms. The second-order valence-corrected chi connectivity index (χ2v) is 18.7. The molecular weight excluding hydrogens is 849 g/mol. The van der Waals surface area contributed by atoms with Crippen molar-refractivity contribution >= 4 is 60.8 Å². The van der Waals surface area contributed by atoms with E-state index in [0.717, 1.165) is 50.3 Å². The van der Waals surface area contributed by atoms with Crippen molar-refractivity contribution < 1.29 is 4.42 Å². The van der Waals surface area contributed by atoms with Gasteiger partial charge in [-0.05, 0) is 127 Å². The molecule has 70 heavy (non-hydrogen) atoms. The number of fused-ring (bicyclic) bond motifs is 17. The highest BCUT2D eigenvalue weighted by atomic mass is 16.3. The molecule has 326 valence electrons. The van der Waals surface area contributed by atoms with Gasteiger partial charge in [-0.3, -0.25) is 0 Å². The predicted molar refractivity (Wildman–Crippen MR) is 290 cm³/mol. The van der Waals surface area contributed by atoms with Crippen LogP contribution in [0.5, 0.6) is 0 Å². The zero-order chi connectivity index (χ0) is 45.9. The van der Waals surface area contributed by atoms with Crippen LogP contribution in [0.25, 0.3) is 93.9 Å². The molecule has 2 aromatic heterocycles. The maximum atomic E-state index is 6.84. The minimum atomic E-state index is -0.579. The summed E-state index contributed by atoms with van der Waals surface area (Å²) in [6.45, 7) is 0. The summed E-state index contributed by atoms with van der Waals surface area (Å²) in [6.07, 6.45) is 0. The quantitative estimate of drug-likeness (QED) is 0.166. The van der Waals surface area contributed by atoms with Gasteiger partial charge in [-0.2, -0.15) is 0 Å². The summed E-state index contributed by atoms with van der Waals surface area (Å²) in [5.74, 6) is 0. The van der Waals surface area contributed by atoms with Crippen LogP contribution in [0.3, 0.4) is 0 Å². The van der Waals surface area contributed by atoms with Crippen molar-refractivity contribution in [2.75, 3.05) is 4.90 Å². The smallest absolute Gasteiger partial charge is 0.159 e. The first-order valence-corrected chi connectivity index (χ1v) is 24.2. The molecule has 2 aliphatic rings. The van der Waals surface area contributed by atoms with Gasteiger partial charge in [-0.1, -0.05) is 194 Å². The Hall–Kier alpha value is -9.18. The van der Waals surface area contributed by atoms with Crippen LogP contribution in [0.15, 0.2) is 259 Å². The third-order valence-corrected chi connectivity index (χ3v) is 15.2. The van der Waals surface area contributed by atoms with E-state index in [1.807, 2.05) is 0 Å². The van der Waals surface area contributed by atoms with Gasteiger partial charge in [-0.25, -0.2) is 0 Å². The summed E-state index contributed by atoms with van der Waals surface area (Å²) < 4.78 is 9.28. The summed E-state index contributed by atoms with van der Waals surface area (Å²) in [5, 5.41) is 4.74. The molecule has 0 saturated carbocycles. The SMILES string of the molecule is c1ccc(-c2ccc(-c3ccc(N(c4ccc5c(c4)C4(c6ccccc6-5)c5ccccc5-c5c4ccc4c5c5ccccc5n4-c4ccccc4)c4cccc5c4oc4ccccc45)cc3)cc2)cc1. The third-order valence-electron chi connectivity index (χ3n) is 15.2. The summed E-state index contributed by atoms with van der Waals surface area (Å²) in [7, 11) is 0. The average molecular weight is 891 g/mol. The van der Waals surface area contributed by atoms with E-state index in [2.05, 4.69) is 264 Å². The van der Waals surface area contributed by atoms with Crippen molar-refractivity contribution in [2.45, 2.75) is 5.41 Å². The van der Waals surface area contributed by atoms with E-state index in [-0.39, 0.29) is 0 Å². The molecule has 1 unspecified atom stereocenters. The van der Waals surface area contributed by atoms with Gasteiger partial charge in [0.05, 0.1) is 22.1 Å². The number of rotatable bonds is 6. The molecule has 2 heterocycles. The normalized spacial score (nSPS) is 14.3. The van der Waals surface area contributed by atoms with Crippen molar-refractivity contribution in [2.24, 2.45) is 0 Å². The molecule has 3 nitrogen and oxygen atoms in total. The molecule has 0 radical (unpaired) electrons. The molecule has 0 amide bonds. The van der Waals surface area contributed by atoms with Gasteiger partial charge in [0.15, 0.2) is 5.58 Å². The average Bonchev–Trinajstić information content (AvgIpc) is 4.16. The molecule has 15 rings (SSSR count). The van der Waals surface area contributed by atoms with Gasteiger partial charge in [-0.15, -0.1) is 0 Å². The van der Waals surface area contributed by atoms with Crippen molar-refractivity contribution in [3.63, 3.8) is 0 Å². The molecular formula is C67H42N2O. The van der Waals surface area contributed by atoms with Crippen LogP contribution >= 0.6 is 0 Å². The maximum Gasteiger partial charge on any atom is 0.159 e. The van der Waals surface area contributed by atoms with Crippen molar-refractivity contribution in [1.82, 2.24) is 4.57 Å². The lowest BCUT2D eigenvalue weighted by Crippen LogP contribution is -2.26. The van der Waals surface area contributed by atoms with Crippen LogP contribution < -0.4 is 4.90 Å². The summed E-state index contributed by atoms with van der Waals surface area (Å²) in [6, 6.07) is 93.4. The number of nitrogens with zero attached hydrogens (tertiary/aromatic N) is 2. The van der Waals surface area contributed by atoms with Gasteiger partial charge in [0, 0.05) is 38.6 Å². The molecule has 1 spiro atoms. The molecule has 2 aliphatic carbocycles. The van der Waals surface area contributed by atoms with E-state index in [4.69, 9.17) is 4.42 Å². The minimum Gasteiger partial charge on any atom is -0.454 e. The molecule has 0 fully saturated rings. The van der Waals surface area contributed by atoms with E-state index in [0.29, 0.717) is 0 Å². The minimum absolute atomic E-state index is 0.579. The first-order chi connectivity index (χ1) is 34.7. The van der Waals surface area contributed by atoms with E-state index >= 15 is 0 Å². The van der Waals surface area contributed by atoms with Gasteiger partial charge in [0.2, 0.25) is 0 Å². The highest BCUT2D eigenvalue weighted by Gasteiger charge is 2.52. The Morgan fingerprint density at radius 1 is 0.357 bits per heavy atom. The Morgan fingerprint density at radius 3 is 1.70 bits per heavy atom. The van der Waals surface area contributed by atoms with E-state index in [1.165, 1.54) is 83.0 Å².